The lowest BCUT2D eigenvalue weighted by atomic mass is 9.60. The fourth-order valence-corrected chi connectivity index (χ4v) is 4.98. The lowest BCUT2D eigenvalue weighted by molar-refractivity contribution is 0.0555. The molecular weight excluding hydrogens is 180 g/mol. The topological polar surface area (TPSA) is 0 Å². The van der Waals surface area contributed by atoms with Crippen molar-refractivity contribution in [3.8, 4) is 0 Å². The fraction of sp³-hybridized carbons (Fsp3) is 1.00. The summed E-state index contributed by atoms with van der Waals surface area (Å²) in [4.78, 5) is 0. The molecule has 0 aromatic carbocycles. The summed E-state index contributed by atoms with van der Waals surface area (Å²) < 4.78 is 0. The molecule has 4 unspecified atom stereocenters. The maximum Gasteiger partial charge on any atom is -0.0292 e. The first-order valence-corrected chi connectivity index (χ1v) is 7.17. The third-order valence-electron chi connectivity index (χ3n) is 5.65. The minimum atomic E-state index is 0.824. The van der Waals surface area contributed by atoms with E-state index >= 15 is 0 Å². The molecule has 0 aromatic rings. The zero-order chi connectivity index (χ0) is 10.5. The highest BCUT2D eigenvalue weighted by Gasteiger charge is 2.51. The van der Waals surface area contributed by atoms with Crippen molar-refractivity contribution in [3.05, 3.63) is 0 Å². The van der Waals surface area contributed by atoms with Gasteiger partial charge in [-0.15, -0.1) is 0 Å². The molecule has 0 nitrogen and oxygen atoms in total. The Bertz CT molecular complexity index is 238. The van der Waals surface area contributed by atoms with E-state index in [2.05, 4.69) is 13.8 Å². The van der Waals surface area contributed by atoms with Crippen LogP contribution in [0.3, 0.4) is 0 Å². The Morgan fingerprint density at radius 2 is 1.93 bits per heavy atom. The molecule has 3 rings (SSSR count). The van der Waals surface area contributed by atoms with E-state index in [0.29, 0.717) is 0 Å². The van der Waals surface area contributed by atoms with Gasteiger partial charge in [0.15, 0.2) is 0 Å². The van der Waals surface area contributed by atoms with Crippen LogP contribution in [0.2, 0.25) is 0 Å². The molecule has 4 atom stereocenters. The van der Waals surface area contributed by atoms with Gasteiger partial charge in [-0.1, -0.05) is 20.3 Å². The molecule has 0 amide bonds. The number of rotatable bonds is 3. The van der Waals surface area contributed by atoms with Gasteiger partial charge >= 0.3 is 0 Å². The van der Waals surface area contributed by atoms with Crippen molar-refractivity contribution in [3.63, 3.8) is 0 Å². The lowest BCUT2D eigenvalue weighted by Crippen LogP contribution is -2.34. The molecule has 0 aromatic heterocycles. The van der Waals surface area contributed by atoms with E-state index in [9.17, 15) is 0 Å². The van der Waals surface area contributed by atoms with Crippen molar-refractivity contribution in [2.24, 2.45) is 29.1 Å². The predicted octanol–water partition coefficient (Wildman–Crippen LogP) is 4.64. The summed E-state index contributed by atoms with van der Waals surface area (Å²) in [5, 5.41) is 0. The zero-order valence-corrected chi connectivity index (χ0v) is 10.5. The van der Waals surface area contributed by atoms with Gasteiger partial charge in [-0.2, -0.15) is 0 Å². The van der Waals surface area contributed by atoms with Crippen molar-refractivity contribution in [2.75, 3.05) is 0 Å². The van der Waals surface area contributed by atoms with Gasteiger partial charge in [-0.25, -0.2) is 0 Å². The highest BCUT2D eigenvalue weighted by Crippen LogP contribution is 2.62. The maximum atomic E-state index is 2.39. The molecule has 0 radical (unpaired) electrons. The minimum Gasteiger partial charge on any atom is -0.0628 e. The Kier molecular flexibility index (Phi) is 2.37. The first-order chi connectivity index (χ1) is 7.17. The lowest BCUT2D eigenvalue weighted by Gasteiger charge is -2.45. The predicted molar refractivity (Wildman–Crippen MR) is 64.7 cm³/mol. The summed E-state index contributed by atoms with van der Waals surface area (Å²) >= 11 is 0. The van der Waals surface area contributed by atoms with Gasteiger partial charge in [0.25, 0.3) is 0 Å². The zero-order valence-electron chi connectivity index (χ0n) is 10.5. The van der Waals surface area contributed by atoms with E-state index in [1.807, 2.05) is 0 Å². The van der Waals surface area contributed by atoms with Gasteiger partial charge in [-0.05, 0) is 74.0 Å². The second-order valence-corrected chi connectivity index (χ2v) is 7.24. The molecule has 3 aliphatic rings. The minimum absolute atomic E-state index is 0.824. The highest BCUT2D eigenvalue weighted by atomic mass is 14.6. The van der Waals surface area contributed by atoms with Crippen LogP contribution in [0.15, 0.2) is 0 Å². The number of fused-ring (bicyclic) bond motifs is 2. The van der Waals surface area contributed by atoms with Gasteiger partial charge in [-0.3, -0.25) is 0 Å². The maximum absolute atomic E-state index is 2.39. The Hall–Kier alpha value is 0. The Balaban J connectivity index is 1.70. The normalized spacial score (nSPS) is 47.8. The van der Waals surface area contributed by atoms with Crippen LogP contribution in [0.5, 0.6) is 0 Å². The molecule has 0 heteroatoms. The smallest absolute Gasteiger partial charge is 0.0292 e. The standard InChI is InChI=1S/C15H26/c1-11(2)3-5-15-6-4-13-7-12(9-15)8-14(13)10-15/h11-14H,3-10H2,1-2H3. The molecule has 3 saturated carbocycles. The third kappa shape index (κ3) is 1.74. The first-order valence-electron chi connectivity index (χ1n) is 7.17. The molecular formula is C15H26. The number of hydrogen-bond donors (Lipinski definition) is 0. The average Bonchev–Trinajstić information content (AvgIpc) is 2.40. The van der Waals surface area contributed by atoms with E-state index in [1.54, 1.807) is 44.9 Å². The third-order valence-corrected chi connectivity index (χ3v) is 5.65. The van der Waals surface area contributed by atoms with Gasteiger partial charge < -0.3 is 0 Å². The molecule has 0 saturated heterocycles. The van der Waals surface area contributed by atoms with Gasteiger partial charge in [0, 0.05) is 0 Å². The SMILES string of the molecule is CC(C)CCC12CCC3CC(CC3C1)C2. The van der Waals surface area contributed by atoms with E-state index in [-0.39, 0.29) is 0 Å². The Labute approximate surface area is 94.8 Å². The summed E-state index contributed by atoms with van der Waals surface area (Å²) in [5.74, 6) is 4.37. The van der Waals surface area contributed by atoms with Crippen molar-refractivity contribution in [2.45, 2.75) is 65.2 Å². The molecule has 0 spiro atoms. The summed E-state index contributed by atoms with van der Waals surface area (Å²) in [5.41, 5.74) is 0.824. The van der Waals surface area contributed by atoms with Crippen molar-refractivity contribution in [1.29, 1.82) is 0 Å². The van der Waals surface area contributed by atoms with Crippen LogP contribution in [0.4, 0.5) is 0 Å². The Morgan fingerprint density at radius 1 is 1.13 bits per heavy atom. The van der Waals surface area contributed by atoms with Gasteiger partial charge in [0.05, 0.1) is 0 Å². The average molecular weight is 206 g/mol. The molecule has 0 aliphatic heterocycles. The molecule has 0 N–H and O–H groups in total. The van der Waals surface area contributed by atoms with E-state index in [4.69, 9.17) is 0 Å². The van der Waals surface area contributed by atoms with Crippen LogP contribution in [0.1, 0.15) is 65.2 Å². The van der Waals surface area contributed by atoms with Gasteiger partial charge in [0.2, 0.25) is 0 Å². The van der Waals surface area contributed by atoms with Gasteiger partial charge in [0.1, 0.15) is 0 Å². The van der Waals surface area contributed by atoms with E-state index in [1.165, 1.54) is 6.42 Å². The molecule has 15 heavy (non-hydrogen) atoms. The molecule has 0 heterocycles. The second-order valence-electron chi connectivity index (χ2n) is 7.24. The second kappa shape index (κ2) is 3.50. The molecule has 3 bridgehead atoms. The molecule has 3 aliphatic carbocycles. The van der Waals surface area contributed by atoms with Crippen molar-refractivity contribution < 1.29 is 0 Å². The monoisotopic (exact) mass is 206 g/mol. The van der Waals surface area contributed by atoms with Crippen molar-refractivity contribution >= 4 is 0 Å². The van der Waals surface area contributed by atoms with Crippen molar-refractivity contribution in [1.82, 2.24) is 0 Å². The van der Waals surface area contributed by atoms with Crippen LogP contribution in [0.25, 0.3) is 0 Å². The quantitative estimate of drug-likeness (QED) is 0.631. The molecule has 86 valence electrons. The first kappa shape index (κ1) is 10.2. The summed E-state index contributed by atoms with van der Waals surface area (Å²) in [6.07, 6.45) is 12.6. The van der Waals surface area contributed by atoms with Crippen LogP contribution in [0, 0.1) is 29.1 Å². The van der Waals surface area contributed by atoms with Crippen LogP contribution in [-0.4, -0.2) is 0 Å². The fourth-order valence-electron chi connectivity index (χ4n) is 4.98. The van der Waals surface area contributed by atoms with Crippen LogP contribution >= 0.6 is 0 Å². The summed E-state index contributed by atoms with van der Waals surface area (Å²) in [6.45, 7) is 4.78. The summed E-state index contributed by atoms with van der Waals surface area (Å²) in [7, 11) is 0. The van der Waals surface area contributed by atoms with Crippen LogP contribution in [-0.2, 0) is 0 Å². The van der Waals surface area contributed by atoms with Crippen LogP contribution < -0.4 is 0 Å². The number of hydrogen-bond acceptors (Lipinski definition) is 0. The summed E-state index contributed by atoms with van der Waals surface area (Å²) in [6, 6.07) is 0. The molecule has 3 fully saturated rings. The Morgan fingerprint density at radius 3 is 2.73 bits per heavy atom. The highest BCUT2D eigenvalue weighted by molar-refractivity contribution is 5.01. The van der Waals surface area contributed by atoms with E-state index < -0.39 is 0 Å². The van der Waals surface area contributed by atoms with E-state index in [0.717, 1.165) is 29.1 Å². The largest absolute Gasteiger partial charge is 0.0628 e.